The van der Waals surface area contributed by atoms with Crippen LogP contribution in [0, 0.1) is 5.95 Å². The summed E-state index contributed by atoms with van der Waals surface area (Å²) in [5.41, 5.74) is 0.920. The largest absolute Gasteiger partial charge is 0.322 e. The number of sulfonamides is 1. The van der Waals surface area contributed by atoms with Crippen molar-refractivity contribution < 1.29 is 17.6 Å². The quantitative estimate of drug-likeness (QED) is 0.844. The second-order valence-electron chi connectivity index (χ2n) is 4.28. The monoisotopic (exact) mass is 309 g/mol. The molecule has 1 amide bonds. The Morgan fingerprint density at radius 1 is 1.19 bits per heavy atom. The Bertz CT molecular complexity index is 760. The van der Waals surface area contributed by atoms with Gasteiger partial charge < -0.3 is 5.32 Å². The van der Waals surface area contributed by atoms with E-state index in [9.17, 15) is 17.6 Å². The zero-order valence-electron chi connectivity index (χ0n) is 11.0. The molecule has 0 radical (unpaired) electrons. The lowest BCUT2D eigenvalue weighted by molar-refractivity contribution is 0.102. The lowest BCUT2D eigenvalue weighted by Gasteiger charge is -2.08. The molecule has 2 rings (SSSR count). The first-order chi connectivity index (χ1) is 9.83. The highest BCUT2D eigenvalue weighted by atomic mass is 32.2. The van der Waals surface area contributed by atoms with E-state index in [-0.39, 0.29) is 5.56 Å². The van der Waals surface area contributed by atoms with Gasteiger partial charge in [0.05, 0.1) is 17.5 Å². The van der Waals surface area contributed by atoms with Crippen LogP contribution in [-0.4, -0.2) is 25.6 Å². The maximum absolute atomic E-state index is 12.7. The van der Waals surface area contributed by atoms with Crippen LogP contribution in [0.2, 0.25) is 0 Å². The standard InChI is InChI=1S/C13H12FN3O3S/c1-21(19,20)17-11-4-2-3-10(7-11)16-13(18)9-5-6-12(14)15-8-9/h2-8,17H,1H3,(H,16,18). The Morgan fingerprint density at radius 3 is 2.52 bits per heavy atom. The summed E-state index contributed by atoms with van der Waals surface area (Å²) in [4.78, 5) is 15.3. The number of aromatic nitrogens is 1. The van der Waals surface area contributed by atoms with Gasteiger partial charge in [-0.1, -0.05) is 6.07 Å². The first-order valence-electron chi connectivity index (χ1n) is 5.84. The van der Waals surface area contributed by atoms with Crippen molar-refractivity contribution in [2.45, 2.75) is 0 Å². The van der Waals surface area contributed by atoms with Gasteiger partial charge in [-0.25, -0.2) is 13.4 Å². The van der Waals surface area contributed by atoms with Crippen LogP contribution < -0.4 is 10.0 Å². The van der Waals surface area contributed by atoms with Crippen molar-refractivity contribution in [1.29, 1.82) is 0 Å². The molecule has 21 heavy (non-hydrogen) atoms. The summed E-state index contributed by atoms with van der Waals surface area (Å²) in [6, 6.07) is 8.59. The number of hydrogen-bond donors (Lipinski definition) is 2. The molecule has 2 N–H and O–H groups in total. The molecule has 0 unspecified atom stereocenters. The van der Waals surface area contributed by atoms with Gasteiger partial charge in [-0.05, 0) is 30.3 Å². The van der Waals surface area contributed by atoms with Crippen LogP contribution >= 0.6 is 0 Å². The van der Waals surface area contributed by atoms with E-state index in [2.05, 4.69) is 15.0 Å². The predicted molar refractivity (Wildman–Crippen MR) is 77.1 cm³/mol. The summed E-state index contributed by atoms with van der Waals surface area (Å²) in [5, 5.41) is 2.57. The van der Waals surface area contributed by atoms with Crippen LogP contribution in [0.4, 0.5) is 15.8 Å². The van der Waals surface area contributed by atoms with E-state index < -0.39 is 21.9 Å². The molecule has 0 atom stereocenters. The topological polar surface area (TPSA) is 88.2 Å². The number of carbonyl (C=O) groups is 1. The predicted octanol–water partition coefficient (Wildman–Crippen LogP) is 1.84. The molecule has 2 aromatic rings. The number of amides is 1. The third-order valence-electron chi connectivity index (χ3n) is 2.41. The molecule has 1 heterocycles. The highest BCUT2D eigenvalue weighted by Gasteiger charge is 2.08. The Morgan fingerprint density at radius 2 is 1.90 bits per heavy atom. The molecule has 0 saturated carbocycles. The summed E-state index contributed by atoms with van der Waals surface area (Å²) in [7, 11) is -3.39. The molecular formula is C13H12FN3O3S. The van der Waals surface area contributed by atoms with E-state index in [0.717, 1.165) is 18.5 Å². The Balaban J connectivity index is 2.14. The molecule has 0 aliphatic carbocycles. The van der Waals surface area contributed by atoms with Gasteiger partial charge in [0.25, 0.3) is 5.91 Å². The maximum Gasteiger partial charge on any atom is 0.257 e. The van der Waals surface area contributed by atoms with Crippen LogP contribution in [0.5, 0.6) is 0 Å². The molecule has 0 fully saturated rings. The van der Waals surface area contributed by atoms with Crippen molar-refractivity contribution in [2.24, 2.45) is 0 Å². The van der Waals surface area contributed by atoms with Crippen LogP contribution in [0.1, 0.15) is 10.4 Å². The maximum atomic E-state index is 12.7. The second kappa shape index (κ2) is 5.88. The first kappa shape index (κ1) is 14.9. The Labute approximate surface area is 121 Å². The van der Waals surface area contributed by atoms with Crippen LogP contribution in [0.3, 0.4) is 0 Å². The summed E-state index contributed by atoms with van der Waals surface area (Å²) >= 11 is 0. The molecule has 0 spiro atoms. The summed E-state index contributed by atoms with van der Waals surface area (Å²) in [6.45, 7) is 0. The van der Waals surface area contributed by atoms with E-state index in [1.807, 2.05) is 0 Å². The highest BCUT2D eigenvalue weighted by Crippen LogP contribution is 2.16. The van der Waals surface area contributed by atoms with Gasteiger partial charge in [-0.2, -0.15) is 4.39 Å². The molecular weight excluding hydrogens is 297 g/mol. The lowest BCUT2D eigenvalue weighted by Crippen LogP contribution is -2.13. The van der Waals surface area contributed by atoms with Gasteiger partial charge in [0.2, 0.25) is 16.0 Å². The number of nitrogens with one attached hydrogen (secondary N) is 2. The van der Waals surface area contributed by atoms with E-state index in [0.29, 0.717) is 11.4 Å². The number of nitrogens with zero attached hydrogens (tertiary/aromatic N) is 1. The summed E-state index contributed by atoms with van der Waals surface area (Å²) < 4.78 is 37.3. The van der Waals surface area contributed by atoms with Gasteiger partial charge in [0.1, 0.15) is 0 Å². The third kappa shape index (κ3) is 4.53. The molecule has 0 bridgehead atoms. The smallest absolute Gasteiger partial charge is 0.257 e. The molecule has 110 valence electrons. The first-order valence-corrected chi connectivity index (χ1v) is 7.73. The van der Waals surface area contributed by atoms with Crippen molar-refractivity contribution in [2.75, 3.05) is 16.3 Å². The number of halogens is 1. The highest BCUT2D eigenvalue weighted by molar-refractivity contribution is 7.92. The molecule has 1 aromatic carbocycles. The number of hydrogen-bond acceptors (Lipinski definition) is 4. The lowest BCUT2D eigenvalue weighted by atomic mass is 10.2. The number of rotatable bonds is 4. The van der Waals surface area contributed by atoms with Gasteiger partial charge >= 0.3 is 0 Å². The van der Waals surface area contributed by atoms with Gasteiger partial charge in [-0.15, -0.1) is 0 Å². The van der Waals surface area contributed by atoms with Gasteiger partial charge in [0, 0.05) is 11.9 Å². The summed E-state index contributed by atoms with van der Waals surface area (Å²) in [6.07, 6.45) is 2.14. The van der Waals surface area contributed by atoms with Crippen molar-refractivity contribution >= 4 is 27.3 Å². The SMILES string of the molecule is CS(=O)(=O)Nc1cccc(NC(=O)c2ccc(F)nc2)c1. The van der Waals surface area contributed by atoms with Crippen molar-refractivity contribution in [1.82, 2.24) is 4.98 Å². The average molecular weight is 309 g/mol. The Kier molecular flexibility index (Phi) is 4.18. The molecule has 6 nitrogen and oxygen atoms in total. The molecule has 1 aromatic heterocycles. The van der Waals surface area contributed by atoms with Gasteiger partial charge in [-0.3, -0.25) is 9.52 Å². The zero-order chi connectivity index (χ0) is 15.5. The normalized spacial score (nSPS) is 11.0. The fourth-order valence-electron chi connectivity index (χ4n) is 1.59. The van der Waals surface area contributed by atoms with Crippen molar-refractivity contribution in [3.05, 3.63) is 54.1 Å². The molecule has 0 aliphatic rings. The summed E-state index contributed by atoms with van der Waals surface area (Å²) in [5.74, 6) is -1.15. The minimum atomic E-state index is -3.39. The second-order valence-corrected chi connectivity index (χ2v) is 6.03. The van der Waals surface area contributed by atoms with Crippen molar-refractivity contribution in [3.63, 3.8) is 0 Å². The minimum Gasteiger partial charge on any atom is -0.322 e. The molecule has 8 heteroatoms. The van der Waals surface area contributed by atoms with Gasteiger partial charge in [0.15, 0.2) is 0 Å². The van der Waals surface area contributed by atoms with Crippen LogP contribution in [0.25, 0.3) is 0 Å². The number of carbonyl (C=O) groups excluding carboxylic acids is 1. The number of benzene rings is 1. The van der Waals surface area contributed by atoms with Crippen LogP contribution in [-0.2, 0) is 10.0 Å². The van der Waals surface area contributed by atoms with E-state index in [1.165, 1.54) is 12.1 Å². The minimum absolute atomic E-state index is 0.192. The average Bonchev–Trinajstić information content (AvgIpc) is 2.37. The third-order valence-corrected chi connectivity index (χ3v) is 3.02. The molecule has 0 saturated heterocycles. The Hall–Kier alpha value is -2.48. The van der Waals surface area contributed by atoms with Crippen molar-refractivity contribution in [3.8, 4) is 0 Å². The molecule has 0 aliphatic heterocycles. The zero-order valence-corrected chi connectivity index (χ0v) is 11.8. The fourth-order valence-corrected chi connectivity index (χ4v) is 2.14. The van der Waals surface area contributed by atoms with E-state index >= 15 is 0 Å². The number of pyridine rings is 1. The van der Waals surface area contributed by atoms with E-state index in [4.69, 9.17) is 0 Å². The van der Waals surface area contributed by atoms with E-state index in [1.54, 1.807) is 18.2 Å². The van der Waals surface area contributed by atoms with Crippen LogP contribution in [0.15, 0.2) is 42.6 Å². The fraction of sp³-hybridized carbons (Fsp3) is 0.0769. The number of anilines is 2.